The number of benzene rings is 4. The van der Waals surface area contributed by atoms with Gasteiger partial charge in [0, 0.05) is 72.5 Å². The van der Waals surface area contributed by atoms with Crippen molar-refractivity contribution >= 4 is 44.6 Å². The number of likely N-dealkylation sites (N-methyl/N-ethyl adjacent to an activating group) is 2. The molecule has 9 heteroatoms. The molecule has 46 heavy (non-hydrogen) atoms. The summed E-state index contributed by atoms with van der Waals surface area (Å²) in [5.41, 5.74) is 6.55. The number of carbonyl (C=O) groups is 1. The second kappa shape index (κ2) is 12.9. The first-order valence-electron chi connectivity index (χ1n) is 15.4. The van der Waals surface area contributed by atoms with Gasteiger partial charge in [-0.2, -0.15) is 0 Å². The Labute approximate surface area is 270 Å². The molecular formula is C37H35N5O3S. The highest BCUT2D eigenvalue weighted by atomic mass is 32.2. The van der Waals surface area contributed by atoms with Crippen LogP contribution in [-0.2, 0) is 15.9 Å². The number of hydrogen-bond donors (Lipinski definition) is 1. The number of fused-ring (bicyclic) bond motifs is 3. The molecule has 1 N–H and O–H groups in total. The summed E-state index contributed by atoms with van der Waals surface area (Å²) in [4.78, 5) is 28.3. The summed E-state index contributed by atoms with van der Waals surface area (Å²) in [6.07, 6.45) is 1.90. The third kappa shape index (κ3) is 6.04. The van der Waals surface area contributed by atoms with Crippen molar-refractivity contribution in [1.29, 1.82) is 0 Å². The molecule has 7 rings (SSSR count). The van der Waals surface area contributed by atoms with Gasteiger partial charge in [0.25, 0.3) is 0 Å². The van der Waals surface area contributed by atoms with Crippen molar-refractivity contribution in [3.05, 3.63) is 109 Å². The molecule has 0 spiro atoms. The van der Waals surface area contributed by atoms with E-state index in [4.69, 9.17) is 9.17 Å². The molecule has 1 aliphatic rings. The van der Waals surface area contributed by atoms with Crippen LogP contribution < -0.4 is 9.08 Å². The lowest BCUT2D eigenvalue weighted by atomic mass is 9.92. The molecular weight excluding hydrogens is 595 g/mol. The summed E-state index contributed by atoms with van der Waals surface area (Å²) in [7, 11) is 3.96. The molecule has 2 aromatic heterocycles. The Balaban J connectivity index is 1.24. The summed E-state index contributed by atoms with van der Waals surface area (Å²) in [6, 6.07) is 33.2. The number of H-pyrrole nitrogens is 1. The number of hydrogen-bond acceptors (Lipinski definition) is 6. The first-order valence-corrected chi connectivity index (χ1v) is 16.4. The standard InChI is InChI=1S/C37H35N5O3S/c1-40-19-21-42(22-20-40)25-34(43)41(2)28-15-13-26(14-16-28)32-24-38-37-36(35(32)27-9-5-3-6-10-27)31-23-29(17-18-33(31)39-37)45-46(44)30-11-7-4-8-12-30/h3-18,23-24H,19-22,25H2,1-2H3,(H,38,39). The molecule has 8 nitrogen and oxygen atoms in total. The van der Waals surface area contributed by atoms with Crippen molar-refractivity contribution in [3.8, 4) is 28.0 Å². The van der Waals surface area contributed by atoms with Gasteiger partial charge in [-0.25, -0.2) is 9.19 Å². The van der Waals surface area contributed by atoms with Gasteiger partial charge in [0.05, 0.1) is 11.4 Å². The van der Waals surface area contributed by atoms with Crippen LogP contribution >= 0.6 is 0 Å². The van der Waals surface area contributed by atoms with Crippen molar-refractivity contribution in [2.75, 3.05) is 51.7 Å². The number of anilines is 1. The molecule has 6 aromatic rings. The fraction of sp³-hybridized carbons (Fsp3) is 0.189. The van der Waals surface area contributed by atoms with Crippen LogP contribution in [0.5, 0.6) is 5.75 Å². The minimum Gasteiger partial charge on any atom is -0.397 e. The maximum Gasteiger partial charge on any atom is 0.240 e. The van der Waals surface area contributed by atoms with Gasteiger partial charge < -0.3 is 19.0 Å². The number of nitrogens with one attached hydrogen (secondary N) is 1. The number of aromatic amines is 1. The van der Waals surface area contributed by atoms with Gasteiger partial charge in [-0.1, -0.05) is 60.7 Å². The summed E-state index contributed by atoms with van der Waals surface area (Å²) in [6.45, 7) is 4.17. The van der Waals surface area contributed by atoms with Crippen LogP contribution in [0.4, 0.5) is 5.69 Å². The van der Waals surface area contributed by atoms with E-state index in [2.05, 4.69) is 46.1 Å². The van der Waals surface area contributed by atoms with Crippen LogP contribution in [0.25, 0.3) is 44.2 Å². The van der Waals surface area contributed by atoms with Crippen LogP contribution in [0, 0.1) is 0 Å². The van der Waals surface area contributed by atoms with E-state index in [1.807, 2.05) is 80.0 Å². The molecule has 0 radical (unpaired) electrons. The van der Waals surface area contributed by atoms with E-state index in [-0.39, 0.29) is 5.91 Å². The fourth-order valence-electron chi connectivity index (χ4n) is 5.99. The monoisotopic (exact) mass is 629 g/mol. The zero-order valence-corrected chi connectivity index (χ0v) is 26.7. The van der Waals surface area contributed by atoms with E-state index in [1.165, 1.54) is 0 Å². The average molecular weight is 630 g/mol. The number of aromatic nitrogens is 2. The highest BCUT2D eigenvalue weighted by Crippen LogP contribution is 2.41. The molecule has 1 saturated heterocycles. The molecule has 1 aliphatic heterocycles. The molecule has 0 aliphatic carbocycles. The number of piperazine rings is 1. The molecule has 0 bridgehead atoms. The molecule has 4 aromatic carbocycles. The minimum absolute atomic E-state index is 0.0791. The van der Waals surface area contributed by atoms with Crippen LogP contribution in [0.1, 0.15) is 0 Å². The second-order valence-corrected chi connectivity index (χ2v) is 12.8. The third-order valence-electron chi connectivity index (χ3n) is 8.66. The average Bonchev–Trinajstić information content (AvgIpc) is 3.47. The van der Waals surface area contributed by atoms with Crippen molar-refractivity contribution in [2.24, 2.45) is 0 Å². The minimum atomic E-state index is -1.65. The Hall–Kier alpha value is -4.83. The number of amides is 1. The van der Waals surface area contributed by atoms with Gasteiger partial charge in [-0.3, -0.25) is 9.69 Å². The second-order valence-electron chi connectivity index (χ2n) is 11.7. The Morgan fingerprint density at radius 1 is 0.891 bits per heavy atom. The molecule has 232 valence electrons. The van der Waals surface area contributed by atoms with E-state index in [0.717, 1.165) is 76.1 Å². The first-order chi connectivity index (χ1) is 22.4. The van der Waals surface area contributed by atoms with E-state index in [9.17, 15) is 9.00 Å². The quantitative estimate of drug-likeness (QED) is 0.211. The molecule has 1 amide bonds. The van der Waals surface area contributed by atoms with Crippen LogP contribution in [0.3, 0.4) is 0 Å². The largest absolute Gasteiger partial charge is 0.397 e. The van der Waals surface area contributed by atoms with Crippen LogP contribution in [-0.4, -0.2) is 76.7 Å². The van der Waals surface area contributed by atoms with Crippen LogP contribution in [0.2, 0.25) is 0 Å². The number of pyridine rings is 1. The lowest BCUT2D eigenvalue weighted by Crippen LogP contribution is -2.48. The summed E-state index contributed by atoms with van der Waals surface area (Å²) < 4.78 is 18.8. The van der Waals surface area contributed by atoms with Crippen molar-refractivity contribution in [1.82, 2.24) is 19.8 Å². The number of carbonyl (C=O) groups excluding carboxylic acids is 1. The van der Waals surface area contributed by atoms with Crippen LogP contribution in [0.15, 0.2) is 114 Å². The molecule has 0 saturated carbocycles. The fourth-order valence-corrected chi connectivity index (χ4v) is 6.74. The highest BCUT2D eigenvalue weighted by molar-refractivity contribution is 7.80. The summed E-state index contributed by atoms with van der Waals surface area (Å²) in [5.74, 6) is 0.587. The van der Waals surface area contributed by atoms with Crippen molar-refractivity contribution in [2.45, 2.75) is 4.90 Å². The lowest BCUT2D eigenvalue weighted by molar-refractivity contribution is -0.119. The third-order valence-corrected chi connectivity index (χ3v) is 9.66. The Kier molecular flexibility index (Phi) is 8.36. The Bertz CT molecular complexity index is 2020. The number of rotatable bonds is 8. The van der Waals surface area contributed by atoms with Gasteiger partial charge in [-0.05, 0) is 60.6 Å². The van der Waals surface area contributed by atoms with Gasteiger partial charge >= 0.3 is 0 Å². The van der Waals surface area contributed by atoms with Crippen molar-refractivity contribution < 1.29 is 13.2 Å². The SMILES string of the molecule is CN1CCN(CC(=O)N(C)c2ccc(-c3cnc4[nH]c5ccc(OS(=O)c6ccccc6)cc5c4c3-c3ccccc3)cc2)CC1. The van der Waals surface area contributed by atoms with Crippen molar-refractivity contribution in [3.63, 3.8) is 0 Å². The molecule has 1 atom stereocenters. The van der Waals surface area contributed by atoms with E-state index in [0.29, 0.717) is 17.2 Å². The van der Waals surface area contributed by atoms with E-state index in [1.54, 1.807) is 17.0 Å². The van der Waals surface area contributed by atoms with E-state index >= 15 is 0 Å². The summed E-state index contributed by atoms with van der Waals surface area (Å²) >= 11 is -1.65. The first kappa shape index (κ1) is 29.9. The predicted octanol–water partition coefficient (Wildman–Crippen LogP) is 6.36. The van der Waals surface area contributed by atoms with Gasteiger partial charge in [0.2, 0.25) is 17.0 Å². The van der Waals surface area contributed by atoms with Gasteiger partial charge in [-0.15, -0.1) is 0 Å². The predicted molar refractivity (Wildman–Crippen MR) is 185 cm³/mol. The highest BCUT2D eigenvalue weighted by Gasteiger charge is 2.21. The van der Waals surface area contributed by atoms with E-state index < -0.39 is 11.1 Å². The smallest absolute Gasteiger partial charge is 0.240 e. The zero-order valence-electron chi connectivity index (χ0n) is 25.8. The Morgan fingerprint density at radius 3 is 2.30 bits per heavy atom. The normalized spacial score (nSPS) is 14.8. The number of nitrogens with zero attached hydrogens (tertiary/aromatic N) is 4. The molecule has 1 fully saturated rings. The maximum atomic E-state index is 13.1. The van der Waals surface area contributed by atoms with Gasteiger partial charge in [0.1, 0.15) is 11.4 Å². The topological polar surface area (TPSA) is 81.8 Å². The van der Waals surface area contributed by atoms with Gasteiger partial charge in [0.15, 0.2) is 0 Å². The summed E-state index contributed by atoms with van der Waals surface area (Å²) in [5, 5.41) is 1.88. The lowest BCUT2D eigenvalue weighted by Gasteiger charge is -2.32. The molecule has 3 heterocycles. The molecule has 1 unspecified atom stereocenters. The zero-order chi connectivity index (χ0) is 31.6. The maximum absolute atomic E-state index is 13.1. The Morgan fingerprint density at radius 2 is 1.59 bits per heavy atom.